The minimum absolute atomic E-state index is 0.554. The zero-order valence-electron chi connectivity index (χ0n) is 15.7. The number of benzene rings is 3. The molecule has 0 aliphatic carbocycles. The van der Waals surface area contributed by atoms with Gasteiger partial charge in [0.25, 0.3) is 0 Å². The van der Waals surface area contributed by atoms with E-state index in [1.165, 1.54) is 44.3 Å². The molecule has 0 spiro atoms. The fourth-order valence-corrected chi connectivity index (χ4v) is 4.71. The van der Waals surface area contributed by atoms with E-state index in [1.54, 1.807) is 0 Å². The predicted molar refractivity (Wildman–Crippen MR) is 112 cm³/mol. The first-order valence-electron chi connectivity index (χ1n) is 9.51. The van der Waals surface area contributed by atoms with E-state index in [0.717, 1.165) is 12.8 Å². The van der Waals surface area contributed by atoms with E-state index in [2.05, 4.69) is 91.1 Å². The summed E-state index contributed by atoms with van der Waals surface area (Å²) in [7, 11) is 4.40. The number of nitrogens with zero attached hydrogens (tertiary/aromatic N) is 2. The molecule has 0 amide bonds. The van der Waals surface area contributed by atoms with Crippen LogP contribution in [-0.4, -0.2) is 11.6 Å². The lowest BCUT2D eigenvalue weighted by molar-refractivity contribution is 0.667. The van der Waals surface area contributed by atoms with Gasteiger partial charge in [-0.2, -0.15) is 0 Å². The summed E-state index contributed by atoms with van der Waals surface area (Å²) in [5, 5.41) is 2.69. The van der Waals surface area contributed by atoms with Crippen LogP contribution in [0.3, 0.4) is 0 Å². The third-order valence-corrected chi connectivity index (χ3v) is 6.18. The Balaban J connectivity index is 1.86. The van der Waals surface area contributed by atoms with Gasteiger partial charge in [-0.15, -0.1) is 0 Å². The average Bonchev–Trinajstić information content (AvgIpc) is 2.90. The zero-order chi connectivity index (χ0) is 17.8. The van der Waals surface area contributed by atoms with Gasteiger partial charge in [0.1, 0.15) is 0 Å². The number of para-hydroxylation sites is 2. The molecule has 1 atom stereocenters. The van der Waals surface area contributed by atoms with Crippen molar-refractivity contribution >= 4 is 33.2 Å². The van der Waals surface area contributed by atoms with Gasteiger partial charge >= 0.3 is 0 Å². The third kappa shape index (κ3) is 2.05. The summed E-state index contributed by atoms with van der Waals surface area (Å²) in [6, 6.07) is 22.4. The Morgan fingerprint density at radius 1 is 0.846 bits per heavy atom. The van der Waals surface area contributed by atoms with E-state index in [0.29, 0.717) is 5.92 Å². The van der Waals surface area contributed by atoms with Crippen molar-refractivity contribution in [3.63, 3.8) is 0 Å². The highest BCUT2D eigenvalue weighted by Crippen LogP contribution is 2.44. The van der Waals surface area contributed by atoms with Gasteiger partial charge in [0.15, 0.2) is 0 Å². The summed E-state index contributed by atoms with van der Waals surface area (Å²) in [5.41, 5.74) is 8.26. The molecule has 1 aromatic heterocycles. The molecule has 1 aliphatic heterocycles. The number of hydrogen-bond acceptors (Lipinski definition) is 1. The maximum Gasteiger partial charge on any atom is 0.0493 e. The van der Waals surface area contributed by atoms with E-state index in [9.17, 15) is 0 Å². The lowest BCUT2D eigenvalue weighted by Crippen LogP contribution is -2.11. The highest BCUT2D eigenvalue weighted by molar-refractivity contribution is 6.09. The molecule has 0 saturated carbocycles. The van der Waals surface area contributed by atoms with E-state index >= 15 is 0 Å². The van der Waals surface area contributed by atoms with Crippen molar-refractivity contribution in [3.05, 3.63) is 71.8 Å². The van der Waals surface area contributed by atoms with Crippen LogP contribution in [-0.2, 0) is 13.5 Å². The molecule has 2 heterocycles. The van der Waals surface area contributed by atoms with Crippen molar-refractivity contribution < 1.29 is 0 Å². The second-order valence-corrected chi connectivity index (χ2v) is 7.50. The molecule has 26 heavy (non-hydrogen) atoms. The summed E-state index contributed by atoms with van der Waals surface area (Å²) in [4.78, 5) is 2.39. The number of hydrogen-bond donors (Lipinski definition) is 0. The van der Waals surface area contributed by atoms with Gasteiger partial charge in [0.05, 0.1) is 0 Å². The quantitative estimate of drug-likeness (QED) is 0.403. The average molecular weight is 340 g/mol. The Kier molecular flexibility index (Phi) is 3.36. The topological polar surface area (TPSA) is 8.17 Å². The molecule has 0 fully saturated rings. The van der Waals surface area contributed by atoms with Crippen LogP contribution >= 0.6 is 0 Å². The molecule has 2 heteroatoms. The van der Waals surface area contributed by atoms with Crippen LogP contribution in [0.15, 0.2) is 60.7 Å². The van der Waals surface area contributed by atoms with Gasteiger partial charge in [-0.3, -0.25) is 0 Å². The highest BCUT2D eigenvalue weighted by atomic mass is 15.1. The molecule has 0 radical (unpaired) electrons. The Morgan fingerprint density at radius 3 is 2.46 bits per heavy atom. The van der Waals surface area contributed by atoms with Gasteiger partial charge < -0.3 is 9.47 Å². The maximum atomic E-state index is 2.45. The standard InChI is InChI=1S/C24H24N2/c1-4-16-13-17-9-5-7-11-21(17)25(2)23-15-20-18-10-6-8-12-22(18)26(3)24(20)14-19(16)23/h5-12,14-16H,4,13H2,1-3H3. The zero-order valence-corrected chi connectivity index (χ0v) is 15.7. The minimum Gasteiger partial charge on any atom is -0.344 e. The lowest BCUT2D eigenvalue weighted by atomic mass is 9.89. The van der Waals surface area contributed by atoms with Crippen molar-refractivity contribution in [1.29, 1.82) is 0 Å². The lowest BCUT2D eigenvalue weighted by Gasteiger charge is -2.23. The van der Waals surface area contributed by atoms with Crippen LogP contribution < -0.4 is 4.90 Å². The molecule has 0 N–H and O–H groups in total. The van der Waals surface area contributed by atoms with E-state index < -0.39 is 0 Å². The van der Waals surface area contributed by atoms with Crippen LogP contribution in [0, 0.1) is 0 Å². The molecule has 4 aromatic rings. The van der Waals surface area contributed by atoms with Crippen LogP contribution in [0.4, 0.5) is 11.4 Å². The number of fused-ring (bicyclic) bond motifs is 5. The molecule has 130 valence electrons. The molecule has 1 unspecified atom stereocenters. The highest BCUT2D eigenvalue weighted by Gasteiger charge is 2.25. The number of aromatic nitrogens is 1. The Hall–Kier alpha value is -2.74. The van der Waals surface area contributed by atoms with Gasteiger partial charge in [0.2, 0.25) is 0 Å². The summed E-state index contributed by atoms with van der Waals surface area (Å²) in [6.45, 7) is 2.31. The summed E-state index contributed by atoms with van der Waals surface area (Å²) >= 11 is 0. The minimum atomic E-state index is 0.554. The number of aryl methyl sites for hydroxylation is 1. The van der Waals surface area contributed by atoms with Crippen LogP contribution in [0.1, 0.15) is 30.4 Å². The second kappa shape index (κ2) is 5.63. The summed E-state index contributed by atoms with van der Waals surface area (Å²) in [5.74, 6) is 0.554. The van der Waals surface area contributed by atoms with Crippen molar-refractivity contribution in [2.24, 2.45) is 7.05 Å². The molecular weight excluding hydrogens is 316 g/mol. The van der Waals surface area contributed by atoms with E-state index in [1.807, 2.05) is 0 Å². The maximum absolute atomic E-state index is 2.45. The molecule has 0 saturated heterocycles. The summed E-state index contributed by atoms with van der Waals surface area (Å²) < 4.78 is 2.34. The first-order chi connectivity index (χ1) is 12.7. The first-order valence-corrected chi connectivity index (χ1v) is 9.51. The van der Waals surface area contributed by atoms with Gasteiger partial charge in [-0.05, 0) is 54.2 Å². The van der Waals surface area contributed by atoms with E-state index in [-0.39, 0.29) is 0 Å². The SMILES string of the molecule is CCC1Cc2ccccc2N(C)c2cc3c4ccccc4n(C)c3cc21. The molecule has 2 nitrogen and oxygen atoms in total. The molecule has 1 aliphatic rings. The van der Waals surface area contributed by atoms with Crippen LogP contribution in [0.2, 0.25) is 0 Å². The van der Waals surface area contributed by atoms with Gasteiger partial charge in [-0.1, -0.05) is 43.3 Å². The summed E-state index contributed by atoms with van der Waals surface area (Å²) in [6.07, 6.45) is 2.27. The Labute approximate surface area is 154 Å². The Bertz CT molecular complexity index is 1140. The monoisotopic (exact) mass is 340 g/mol. The Morgan fingerprint density at radius 2 is 1.62 bits per heavy atom. The van der Waals surface area contributed by atoms with Crippen LogP contribution in [0.5, 0.6) is 0 Å². The van der Waals surface area contributed by atoms with Crippen molar-refractivity contribution in [2.45, 2.75) is 25.7 Å². The van der Waals surface area contributed by atoms with E-state index in [4.69, 9.17) is 0 Å². The van der Waals surface area contributed by atoms with Gasteiger partial charge in [0, 0.05) is 47.3 Å². The molecule has 0 bridgehead atoms. The normalized spacial score (nSPS) is 16.6. The number of rotatable bonds is 1. The second-order valence-electron chi connectivity index (χ2n) is 7.50. The molecule has 3 aromatic carbocycles. The predicted octanol–water partition coefficient (Wildman–Crippen LogP) is 6.15. The van der Waals surface area contributed by atoms with Crippen molar-refractivity contribution in [3.8, 4) is 0 Å². The fourth-order valence-electron chi connectivity index (χ4n) is 4.71. The van der Waals surface area contributed by atoms with Crippen molar-refractivity contribution in [2.75, 3.05) is 11.9 Å². The van der Waals surface area contributed by atoms with Crippen molar-refractivity contribution in [1.82, 2.24) is 4.57 Å². The van der Waals surface area contributed by atoms with Crippen LogP contribution in [0.25, 0.3) is 21.8 Å². The molecular formula is C24H24N2. The number of anilines is 2. The smallest absolute Gasteiger partial charge is 0.0493 e. The first kappa shape index (κ1) is 15.5. The fraction of sp³-hybridized carbons (Fsp3) is 0.250. The largest absolute Gasteiger partial charge is 0.344 e. The third-order valence-electron chi connectivity index (χ3n) is 6.18. The molecule has 5 rings (SSSR count). The van der Waals surface area contributed by atoms with Gasteiger partial charge in [-0.25, -0.2) is 0 Å².